The van der Waals surface area contributed by atoms with Gasteiger partial charge in [0.1, 0.15) is 0 Å². The van der Waals surface area contributed by atoms with E-state index in [0.29, 0.717) is 17.5 Å². The number of benzene rings is 1. The Hall–Kier alpha value is -1.22. The lowest BCUT2D eigenvalue weighted by Gasteiger charge is -2.18. The molecule has 1 aromatic carbocycles. The first-order valence-corrected chi connectivity index (χ1v) is 6.46. The van der Waals surface area contributed by atoms with Gasteiger partial charge < -0.3 is 15.2 Å². The van der Waals surface area contributed by atoms with Crippen LogP contribution in [0.2, 0.25) is 0 Å². The van der Waals surface area contributed by atoms with E-state index in [1.54, 1.807) is 7.11 Å². The maximum Gasteiger partial charge on any atom is 0.161 e. The Morgan fingerprint density at radius 1 is 1.29 bits per heavy atom. The summed E-state index contributed by atoms with van der Waals surface area (Å²) in [6, 6.07) is 2.49. The summed E-state index contributed by atoms with van der Waals surface area (Å²) in [5.74, 6) is 0.996. The normalized spacial score (nSPS) is 22.8. The Labute approximate surface area is 102 Å². The van der Waals surface area contributed by atoms with Gasteiger partial charge in [-0.05, 0) is 55.8 Å². The Balaban J connectivity index is 2.10. The van der Waals surface area contributed by atoms with E-state index in [2.05, 4.69) is 5.32 Å². The lowest BCUT2D eigenvalue weighted by Crippen LogP contribution is -2.15. The van der Waals surface area contributed by atoms with E-state index in [0.717, 1.165) is 31.4 Å². The summed E-state index contributed by atoms with van der Waals surface area (Å²) in [7, 11) is 1.63. The molecule has 0 unspecified atom stereocenters. The van der Waals surface area contributed by atoms with Crippen LogP contribution in [-0.2, 0) is 12.8 Å². The molecule has 1 heterocycles. The fourth-order valence-electron chi connectivity index (χ4n) is 3.19. The third kappa shape index (κ3) is 1.69. The summed E-state index contributed by atoms with van der Waals surface area (Å²) in [5.41, 5.74) is 3.83. The molecule has 1 atom stereocenters. The fourth-order valence-corrected chi connectivity index (χ4v) is 3.19. The molecule has 0 amide bonds. The molecule has 2 N–H and O–H groups in total. The summed E-state index contributed by atoms with van der Waals surface area (Å²) in [6.45, 7) is 1.10. The lowest BCUT2D eigenvalue weighted by molar-refractivity contribution is 0.369. The van der Waals surface area contributed by atoms with Gasteiger partial charge in [-0.1, -0.05) is 0 Å². The maximum atomic E-state index is 10.1. The Bertz CT molecular complexity index is 436. The van der Waals surface area contributed by atoms with E-state index >= 15 is 0 Å². The minimum Gasteiger partial charge on any atom is -0.504 e. The summed E-state index contributed by atoms with van der Waals surface area (Å²) in [4.78, 5) is 0. The molecule has 2 aliphatic rings. The summed E-state index contributed by atoms with van der Waals surface area (Å²) >= 11 is 0. The van der Waals surface area contributed by atoms with Crippen LogP contribution in [0.15, 0.2) is 6.07 Å². The second-order valence-corrected chi connectivity index (χ2v) is 4.98. The highest BCUT2D eigenvalue weighted by molar-refractivity contribution is 5.56. The maximum absolute atomic E-state index is 10.1. The van der Waals surface area contributed by atoms with Gasteiger partial charge >= 0.3 is 0 Å². The number of hydrogen-bond donors (Lipinski definition) is 2. The van der Waals surface area contributed by atoms with Gasteiger partial charge in [-0.3, -0.25) is 0 Å². The van der Waals surface area contributed by atoms with Crippen LogP contribution in [0, 0.1) is 0 Å². The molecule has 1 saturated heterocycles. The molecule has 3 heteroatoms. The predicted octanol–water partition coefficient (Wildman–Crippen LogP) is 2.31. The van der Waals surface area contributed by atoms with Crippen LogP contribution in [0.3, 0.4) is 0 Å². The number of rotatable bonds is 2. The lowest BCUT2D eigenvalue weighted by atomic mass is 9.95. The molecule has 0 radical (unpaired) electrons. The first kappa shape index (κ1) is 10.9. The smallest absolute Gasteiger partial charge is 0.161 e. The van der Waals surface area contributed by atoms with E-state index in [-0.39, 0.29) is 0 Å². The zero-order chi connectivity index (χ0) is 11.8. The third-order valence-electron chi connectivity index (χ3n) is 4.03. The van der Waals surface area contributed by atoms with Gasteiger partial charge in [-0.25, -0.2) is 0 Å². The molecule has 3 nitrogen and oxygen atoms in total. The molecule has 0 aromatic heterocycles. The van der Waals surface area contributed by atoms with Crippen molar-refractivity contribution in [3.8, 4) is 11.5 Å². The van der Waals surface area contributed by atoms with Gasteiger partial charge in [0, 0.05) is 11.6 Å². The first-order chi connectivity index (χ1) is 8.31. The average molecular weight is 233 g/mol. The van der Waals surface area contributed by atoms with Crippen LogP contribution in [0.5, 0.6) is 11.5 Å². The monoisotopic (exact) mass is 233 g/mol. The van der Waals surface area contributed by atoms with Gasteiger partial charge in [-0.2, -0.15) is 0 Å². The number of nitrogens with one attached hydrogen (secondary N) is 1. The summed E-state index contributed by atoms with van der Waals surface area (Å²) < 4.78 is 5.29. The van der Waals surface area contributed by atoms with Crippen molar-refractivity contribution < 1.29 is 9.84 Å². The second kappa shape index (κ2) is 4.22. The second-order valence-electron chi connectivity index (χ2n) is 4.98. The Morgan fingerprint density at radius 2 is 2.12 bits per heavy atom. The quantitative estimate of drug-likeness (QED) is 0.823. The van der Waals surface area contributed by atoms with Gasteiger partial charge in [0.2, 0.25) is 0 Å². The number of phenolic OH excluding ortho intramolecular Hbond substituents is 1. The number of hydrogen-bond acceptors (Lipinski definition) is 3. The van der Waals surface area contributed by atoms with Crippen LogP contribution >= 0.6 is 0 Å². The van der Waals surface area contributed by atoms with Crippen molar-refractivity contribution >= 4 is 0 Å². The highest BCUT2D eigenvalue weighted by Gasteiger charge is 2.27. The molecular weight excluding hydrogens is 214 g/mol. The van der Waals surface area contributed by atoms with Crippen LogP contribution in [0.25, 0.3) is 0 Å². The first-order valence-electron chi connectivity index (χ1n) is 6.46. The summed E-state index contributed by atoms with van der Waals surface area (Å²) in [5, 5.41) is 13.7. The van der Waals surface area contributed by atoms with Gasteiger partial charge in [0.25, 0.3) is 0 Å². The molecule has 1 aromatic rings. The van der Waals surface area contributed by atoms with E-state index in [1.807, 2.05) is 6.07 Å². The standard InChI is InChI=1S/C14H19NO2/c1-17-13-8-11(12-6-3-7-15-12)9-4-2-5-10(9)14(13)16/h8,12,15-16H,2-7H2,1H3/t12-/m1/s1. The molecule has 17 heavy (non-hydrogen) atoms. The SMILES string of the molecule is COc1cc([C@H]2CCCN2)c2c(c1O)CCC2. The molecule has 0 bridgehead atoms. The van der Waals surface area contributed by atoms with Crippen LogP contribution < -0.4 is 10.1 Å². The zero-order valence-electron chi connectivity index (χ0n) is 10.3. The number of phenols is 1. The molecule has 0 spiro atoms. The number of methoxy groups -OCH3 is 1. The van der Waals surface area contributed by atoms with Gasteiger partial charge in [-0.15, -0.1) is 0 Å². The van der Waals surface area contributed by atoms with Crippen molar-refractivity contribution in [1.29, 1.82) is 0 Å². The van der Waals surface area contributed by atoms with E-state index < -0.39 is 0 Å². The number of fused-ring (bicyclic) bond motifs is 1. The fraction of sp³-hybridized carbons (Fsp3) is 0.571. The zero-order valence-corrected chi connectivity index (χ0v) is 10.3. The minimum absolute atomic E-state index is 0.363. The molecule has 1 aliphatic carbocycles. The van der Waals surface area contributed by atoms with Gasteiger partial charge in [0.15, 0.2) is 11.5 Å². The van der Waals surface area contributed by atoms with Crippen molar-refractivity contribution in [2.75, 3.05) is 13.7 Å². The largest absolute Gasteiger partial charge is 0.504 e. The van der Waals surface area contributed by atoms with Gasteiger partial charge in [0.05, 0.1) is 7.11 Å². The van der Waals surface area contributed by atoms with E-state index in [1.165, 1.54) is 24.0 Å². The average Bonchev–Trinajstić information content (AvgIpc) is 3.00. The third-order valence-corrected chi connectivity index (χ3v) is 4.03. The van der Waals surface area contributed by atoms with Crippen molar-refractivity contribution in [1.82, 2.24) is 5.32 Å². The minimum atomic E-state index is 0.363. The van der Waals surface area contributed by atoms with Crippen LogP contribution in [0.4, 0.5) is 0 Å². The Morgan fingerprint density at radius 3 is 2.82 bits per heavy atom. The Kier molecular flexibility index (Phi) is 2.71. The molecule has 3 rings (SSSR count). The highest BCUT2D eigenvalue weighted by atomic mass is 16.5. The highest BCUT2D eigenvalue weighted by Crippen LogP contribution is 2.42. The van der Waals surface area contributed by atoms with Crippen molar-refractivity contribution in [3.05, 3.63) is 22.8 Å². The number of ether oxygens (including phenoxy) is 1. The van der Waals surface area contributed by atoms with Crippen molar-refractivity contribution in [2.45, 2.75) is 38.1 Å². The van der Waals surface area contributed by atoms with Crippen LogP contribution in [0.1, 0.15) is 42.0 Å². The molecular formula is C14H19NO2. The summed E-state index contributed by atoms with van der Waals surface area (Å²) in [6.07, 6.45) is 5.66. The topological polar surface area (TPSA) is 41.5 Å². The van der Waals surface area contributed by atoms with E-state index in [9.17, 15) is 5.11 Å². The predicted molar refractivity (Wildman–Crippen MR) is 66.7 cm³/mol. The molecule has 1 aliphatic heterocycles. The van der Waals surface area contributed by atoms with Crippen LogP contribution in [-0.4, -0.2) is 18.8 Å². The van der Waals surface area contributed by atoms with E-state index in [4.69, 9.17) is 4.74 Å². The molecule has 0 saturated carbocycles. The number of aromatic hydroxyl groups is 1. The molecule has 1 fully saturated rings. The van der Waals surface area contributed by atoms with Crippen molar-refractivity contribution in [3.63, 3.8) is 0 Å². The molecule has 92 valence electrons. The van der Waals surface area contributed by atoms with Crippen molar-refractivity contribution in [2.24, 2.45) is 0 Å².